The van der Waals surface area contributed by atoms with Crippen LogP contribution in [-0.4, -0.2) is 65.1 Å². The summed E-state index contributed by atoms with van der Waals surface area (Å²) in [5.41, 5.74) is 6.18. The summed E-state index contributed by atoms with van der Waals surface area (Å²) in [6, 6.07) is 14.5. The molecule has 1 aliphatic rings. The third kappa shape index (κ3) is 4.20. The summed E-state index contributed by atoms with van der Waals surface area (Å²) in [6.45, 7) is 4.74. The molecule has 1 saturated heterocycles. The van der Waals surface area contributed by atoms with Crippen molar-refractivity contribution in [3.05, 3.63) is 65.0 Å². The number of anilines is 2. The molecule has 7 nitrogen and oxygen atoms in total. The smallest absolute Gasteiger partial charge is 0.180 e. The first-order valence-corrected chi connectivity index (χ1v) is 11.6. The molecule has 1 fully saturated rings. The number of imidazole rings is 1. The lowest BCUT2D eigenvalue weighted by Gasteiger charge is -2.36. The molecule has 5 rings (SSSR count). The molecule has 3 aromatic heterocycles. The minimum absolute atomic E-state index is 0.741. The van der Waals surface area contributed by atoms with Gasteiger partial charge in [0.15, 0.2) is 5.65 Å². The maximum absolute atomic E-state index is 4.78. The van der Waals surface area contributed by atoms with Crippen LogP contribution in [0.3, 0.4) is 0 Å². The molecule has 0 unspecified atom stereocenters. The van der Waals surface area contributed by atoms with Crippen LogP contribution in [-0.2, 0) is 6.54 Å². The molecule has 1 N–H and O–H groups in total. The molecular formula is C24H26BrN7. The number of hydrogen-bond acceptors (Lipinski definition) is 6. The monoisotopic (exact) mass is 491 g/mol. The van der Waals surface area contributed by atoms with Crippen LogP contribution in [0, 0.1) is 0 Å². The Morgan fingerprint density at radius 2 is 1.78 bits per heavy atom. The minimum Gasteiger partial charge on any atom is -0.378 e. The Bertz CT molecular complexity index is 1200. The Balaban J connectivity index is 1.38. The number of fused-ring (bicyclic) bond motifs is 1. The predicted octanol–water partition coefficient (Wildman–Crippen LogP) is 4.17. The topological polar surface area (TPSA) is 64.2 Å². The number of aromatic amines is 1. The lowest BCUT2D eigenvalue weighted by atomic mass is 10.2. The summed E-state index contributed by atoms with van der Waals surface area (Å²) in [6.07, 6.45) is 3.72. The van der Waals surface area contributed by atoms with E-state index in [-0.39, 0.29) is 0 Å². The van der Waals surface area contributed by atoms with Crippen LogP contribution in [0.15, 0.2) is 59.3 Å². The van der Waals surface area contributed by atoms with Crippen LogP contribution in [0.1, 0.15) is 5.69 Å². The number of hydrogen-bond donors (Lipinski definition) is 1. The lowest BCUT2D eigenvalue weighted by Crippen LogP contribution is -2.46. The van der Waals surface area contributed by atoms with Gasteiger partial charge in [0.2, 0.25) is 0 Å². The SMILES string of the molecule is CN(C)c1ccc(-c2nc3ncc(Br)c(N4CCN(Cc5ccccn5)CC4)c3[nH]2)cc1. The zero-order valence-corrected chi connectivity index (χ0v) is 19.9. The van der Waals surface area contributed by atoms with Crippen molar-refractivity contribution in [3.63, 3.8) is 0 Å². The Hall–Kier alpha value is -2.97. The molecule has 1 aromatic carbocycles. The summed E-state index contributed by atoms with van der Waals surface area (Å²) in [4.78, 5) is 24.3. The number of pyridine rings is 2. The summed E-state index contributed by atoms with van der Waals surface area (Å²) in [7, 11) is 4.08. The molecule has 0 aliphatic carbocycles. The van der Waals surface area contributed by atoms with Gasteiger partial charge in [-0.3, -0.25) is 9.88 Å². The van der Waals surface area contributed by atoms with Crippen LogP contribution in [0.5, 0.6) is 0 Å². The maximum atomic E-state index is 4.78. The normalized spacial score (nSPS) is 14.8. The average Bonchev–Trinajstić information content (AvgIpc) is 3.25. The van der Waals surface area contributed by atoms with Gasteiger partial charge in [0.25, 0.3) is 0 Å². The zero-order chi connectivity index (χ0) is 22.1. The Labute approximate surface area is 196 Å². The Kier molecular flexibility index (Phi) is 5.80. The van der Waals surface area contributed by atoms with Gasteiger partial charge in [-0.15, -0.1) is 0 Å². The summed E-state index contributed by atoms with van der Waals surface area (Å²) >= 11 is 3.73. The largest absolute Gasteiger partial charge is 0.378 e. The van der Waals surface area contributed by atoms with Crippen LogP contribution >= 0.6 is 15.9 Å². The van der Waals surface area contributed by atoms with E-state index in [0.717, 1.165) is 76.8 Å². The maximum Gasteiger partial charge on any atom is 0.180 e. The second-order valence-corrected chi connectivity index (χ2v) is 9.12. The van der Waals surface area contributed by atoms with Gasteiger partial charge in [0.1, 0.15) is 11.3 Å². The van der Waals surface area contributed by atoms with Crippen molar-refractivity contribution in [2.75, 3.05) is 50.1 Å². The predicted molar refractivity (Wildman–Crippen MR) is 133 cm³/mol. The van der Waals surface area contributed by atoms with Crippen molar-refractivity contribution >= 4 is 38.5 Å². The highest BCUT2D eigenvalue weighted by molar-refractivity contribution is 9.10. The van der Waals surface area contributed by atoms with E-state index in [1.165, 1.54) is 0 Å². The number of nitrogens with zero attached hydrogens (tertiary/aromatic N) is 6. The summed E-state index contributed by atoms with van der Waals surface area (Å²) in [5, 5.41) is 0. The van der Waals surface area contributed by atoms with Crippen molar-refractivity contribution in [1.82, 2.24) is 24.8 Å². The molecule has 1 aliphatic heterocycles. The van der Waals surface area contributed by atoms with Crippen molar-refractivity contribution < 1.29 is 0 Å². The molecule has 164 valence electrons. The highest BCUT2D eigenvalue weighted by atomic mass is 79.9. The number of nitrogens with one attached hydrogen (secondary N) is 1. The molecule has 0 atom stereocenters. The molecule has 0 spiro atoms. The van der Waals surface area contributed by atoms with Crippen molar-refractivity contribution in [2.24, 2.45) is 0 Å². The summed E-state index contributed by atoms with van der Waals surface area (Å²) < 4.78 is 0.987. The van der Waals surface area contributed by atoms with E-state index in [1.54, 1.807) is 0 Å². The first kappa shape index (κ1) is 20.9. The number of H-pyrrole nitrogens is 1. The van der Waals surface area contributed by atoms with Gasteiger partial charge in [-0.1, -0.05) is 6.07 Å². The Morgan fingerprint density at radius 1 is 1.00 bits per heavy atom. The lowest BCUT2D eigenvalue weighted by molar-refractivity contribution is 0.247. The molecule has 4 aromatic rings. The number of aromatic nitrogens is 4. The van der Waals surface area contributed by atoms with Crippen molar-refractivity contribution in [1.29, 1.82) is 0 Å². The van der Waals surface area contributed by atoms with E-state index in [9.17, 15) is 0 Å². The number of piperazine rings is 1. The molecule has 0 radical (unpaired) electrons. The second kappa shape index (κ2) is 8.88. The minimum atomic E-state index is 0.741. The fourth-order valence-corrected chi connectivity index (χ4v) is 4.69. The van der Waals surface area contributed by atoms with Crippen molar-refractivity contribution in [2.45, 2.75) is 6.54 Å². The van der Waals surface area contributed by atoms with Crippen molar-refractivity contribution in [3.8, 4) is 11.4 Å². The average molecular weight is 492 g/mol. The first-order valence-electron chi connectivity index (χ1n) is 10.8. The Morgan fingerprint density at radius 3 is 2.47 bits per heavy atom. The summed E-state index contributed by atoms with van der Waals surface area (Å²) in [5.74, 6) is 0.839. The second-order valence-electron chi connectivity index (χ2n) is 8.26. The third-order valence-electron chi connectivity index (χ3n) is 5.91. The molecule has 0 bridgehead atoms. The molecule has 4 heterocycles. The van der Waals surface area contributed by atoms with Crippen LogP contribution in [0.4, 0.5) is 11.4 Å². The van der Waals surface area contributed by atoms with E-state index in [4.69, 9.17) is 4.98 Å². The molecule has 8 heteroatoms. The molecule has 0 saturated carbocycles. The van der Waals surface area contributed by atoms with Crippen LogP contribution in [0.25, 0.3) is 22.6 Å². The van der Waals surface area contributed by atoms with Gasteiger partial charge < -0.3 is 14.8 Å². The van der Waals surface area contributed by atoms with E-state index in [1.807, 2.05) is 38.6 Å². The van der Waals surface area contributed by atoms with Gasteiger partial charge >= 0.3 is 0 Å². The highest BCUT2D eigenvalue weighted by Crippen LogP contribution is 2.34. The zero-order valence-electron chi connectivity index (χ0n) is 18.3. The quantitative estimate of drug-likeness (QED) is 0.451. The fraction of sp³-hybridized carbons (Fsp3) is 0.292. The third-order valence-corrected chi connectivity index (χ3v) is 6.49. The van der Waals surface area contributed by atoms with Gasteiger partial charge in [-0.2, -0.15) is 0 Å². The standard InChI is InChI=1S/C24H26BrN7/c1-30(2)19-8-6-17(7-9-19)23-28-21-22(20(25)15-27-24(21)29-23)32-13-11-31(12-14-32)16-18-5-3-4-10-26-18/h3-10,15H,11-14,16H2,1-2H3,(H,27,28,29). The molecule has 32 heavy (non-hydrogen) atoms. The van der Waals surface area contributed by atoms with Crippen LogP contribution < -0.4 is 9.80 Å². The van der Waals surface area contributed by atoms with Gasteiger partial charge in [-0.05, 0) is 52.3 Å². The van der Waals surface area contributed by atoms with Gasteiger partial charge in [0, 0.05) is 70.5 Å². The molecule has 0 amide bonds. The van der Waals surface area contributed by atoms with E-state index < -0.39 is 0 Å². The number of benzene rings is 1. The number of halogens is 1. The van der Waals surface area contributed by atoms with Gasteiger partial charge in [0.05, 0.1) is 15.9 Å². The highest BCUT2D eigenvalue weighted by Gasteiger charge is 2.23. The van der Waals surface area contributed by atoms with Crippen LogP contribution in [0.2, 0.25) is 0 Å². The van der Waals surface area contributed by atoms with Gasteiger partial charge in [-0.25, -0.2) is 9.97 Å². The van der Waals surface area contributed by atoms with E-state index >= 15 is 0 Å². The van der Waals surface area contributed by atoms with E-state index in [0.29, 0.717) is 0 Å². The number of rotatable bonds is 5. The van der Waals surface area contributed by atoms with E-state index in [2.05, 4.69) is 75.9 Å². The fourth-order valence-electron chi connectivity index (χ4n) is 4.13. The first-order chi connectivity index (χ1) is 15.6. The molecular weight excluding hydrogens is 466 g/mol.